The molecule has 5 rings (SSSR count). The van der Waals surface area contributed by atoms with E-state index in [1.54, 1.807) is 12.3 Å². The maximum atomic E-state index is 9.26. The monoisotopic (exact) mass is 345 g/mol. The van der Waals surface area contributed by atoms with Gasteiger partial charge in [0.25, 0.3) is 0 Å². The van der Waals surface area contributed by atoms with Crippen molar-refractivity contribution in [2.24, 2.45) is 0 Å². The molecule has 130 valence electrons. The highest BCUT2D eigenvalue weighted by Gasteiger charge is 2.40. The predicted octanol–water partition coefficient (Wildman–Crippen LogP) is 3.08. The van der Waals surface area contributed by atoms with Crippen molar-refractivity contribution in [3.05, 3.63) is 41.9 Å². The molecule has 4 heterocycles. The normalized spacial score (nSPS) is 24.1. The number of aromatic nitrogens is 3. The van der Waals surface area contributed by atoms with Crippen molar-refractivity contribution in [1.29, 1.82) is 5.26 Å². The van der Waals surface area contributed by atoms with Crippen LogP contribution in [0.4, 0.5) is 0 Å². The van der Waals surface area contributed by atoms with Crippen LogP contribution in [-0.4, -0.2) is 33.1 Å². The molecule has 0 radical (unpaired) electrons. The van der Waals surface area contributed by atoms with Gasteiger partial charge in [-0.2, -0.15) is 5.26 Å². The number of para-hydroxylation sites is 1. The Bertz CT molecular complexity index is 1030. The minimum atomic E-state index is 0.193. The van der Waals surface area contributed by atoms with Crippen molar-refractivity contribution in [2.75, 3.05) is 0 Å². The summed E-state index contributed by atoms with van der Waals surface area (Å²) in [6.45, 7) is 1.93. The van der Waals surface area contributed by atoms with Gasteiger partial charge < -0.3 is 15.0 Å². The molecule has 2 aliphatic heterocycles. The van der Waals surface area contributed by atoms with Gasteiger partial charge in [-0.15, -0.1) is 0 Å². The molecule has 2 saturated heterocycles. The molecule has 2 aliphatic rings. The number of rotatable bonds is 3. The Morgan fingerprint density at radius 2 is 2.23 bits per heavy atom. The van der Waals surface area contributed by atoms with Crippen LogP contribution in [0.5, 0.6) is 5.88 Å². The number of aryl methyl sites for hydroxylation is 1. The Balaban J connectivity index is 1.46. The van der Waals surface area contributed by atoms with Gasteiger partial charge in [-0.1, -0.05) is 12.1 Å². The SMILES string of the molecule is Cc1nc(-c2c[nH]c3c(C#N)cccc23)cnc1OC1CC2CCC1N2. The molecular weight excluding hydrogens is 326 g/mol. The molecule has 0 spiro atoms. The van der Waals surface area contributed by atoms with Crippen molar-refractivity contribution >= 4 is 10.9 Å². The number of hydrogen-bond donors (Lipinski definition) is 2. The van der Waals surface area contributed by atoms with Crippen LogP contribution < -0.4 is 10.1 Å². The zero-order valence-corrected chi connectivity index (χ0v) is 14.5. The summed E-state index contributed by atoms with van der Waals surface area (Å²) in [6, 6.07) is 8.94. The Labute approximate surface area is 151 Å². The molecule has 2 N–H and O–H groups in total. The van der Waals surface area contributed by atoms with E-state index in [-0.39, 0.29) is 6.10 Å². The van der Waals surface area contributed by atoms with E-state index >= 15 is 0 Å². The summed E-state index contributed by atoms with van der Waals surface area (Å²) in [5, 5.41) is 13.8. The number of nitrogens with one attached hydrogen (secondary N) is 2. The standard InChI is InChI=1S/C20H19N5O/c1-11-20(26-18-7-13-5-6-16(18)25-13)23-10-17(24-11)15-9-22-19-12(8-21)3-2-4-14(15)19/h2-4,9-10,13,16,18,22,25H,5-7H2,1H3. The van der Waals surface area contributed by atoms with E-state index in [9.17, 15) is 5.26 Å². The summed E-state index contributed by atoms with van der Waals surface area (Å²) in [7, 11) is 0. The summed E-state index contributed by atoms with van der Waals surface area (Å²) in [5.74, 6) is 0.616. The fraction of sp³-hybridized carbons (Fsp3) is 0.350. The van der Waals surface area contributed by atoms with Crippen LogP contribution in [-0.2, 0) is 0 Å². The number of H-pyrrole nitrogens is 1. The van der Waals surface area contributed by atoms with Gasteiger partial charge in [0.05, 0.1) is 23.0 Å². The second-order valence-corrected chi connectivity index (χ2v) is 7.13. The van der Waals surface area contributed by atoms with Crippen molar-refractivity contribution < 1.29 is 4.74 Å². The third-order valence-electron chi connectivity index (χ3n) is 5.52. The van der Waals surface area contributed by atoms with Crippen LogP contribution in [0.3, 0.4) is 0 Å². The first kappa shape index (κ1) is 15.4. The van der Waals surface area contributed by atoms with Gasteiger partial charge in [0.1, 0.15) is 17.9 Å². The molecule has 0 amide bonds. The van der Waals surface area contributed by atoms with Crippen LogP contribution in [0.25, 0.3) is 22.2 Å². The highest BCUT2D eigenvalue weighted by molar-refractivity contribution is 5.97. The van der Waals surface area contributed by atoms with E-state index in [1.165, 1.54) is 12.8 Å². The third kappa shape index (κ3) is 2.36. The molecule has 3 atom stereocenters. The van der Waals surface area contributed by atoms with Gasteiger partial charge in [0.2, 0.25) is 5.88 Å². The van der Waals surface area contributed by atoms with Gasteiger partial charge in [-0.05, 0) is 25.8 Å². The average molecular weight is 345 g/mol. The zero-order chi connectivity index (χ0) is 17.7. The zero-order valence-electron chi connectivity index (χ0n) is 14.5. The van der Waals surface area contributed by atoms with E-state index in [0.717, 1.165) is 34.3 Å². The molecular formula is C20H19N5O. The van der Waals surface area contributed by atoms with Gasteiger partial charge in [0.15, 0.2) is 0 Å². The minimum Gasteiger partial charge on any atom is -0.471 e. The second-order valence-electron chi connectivity index (χ2n) is 7.13. The van der Waals surface area contributed by atoms with Gasteiger partial charge in [-0.25, -0.2) is 9.97 Å². The molecule has 2 aromatic heterocycles. The lowest BCUT2D eigenvalue weighted by Gasteiger charge is -2.21. The fourth-order valence-electron chi connectivity index (χ4n) is 4.22. The Morgan fingerprint density at radius 1 is 1.31 bits per heavy atom. The van der Waals surface area contributed by atoms with Crippen LogP contribution in [0.15, 0.2) is 30.6 Å². The maximum absolute atomic E-state index is 9.26. The van der Waals surface area contributed by atoms with Crippen molar-refractivity contribution in [2.45, 2.75) is 44.4 Å². The predicted molar refractivity (Wildman–Crippen MR) is 97.8 cm³/mol. The van der Waals surface area contributed by atoms with E-state index < -0.39 is 0 Å². The lowest BCUT2D eigenvalue weighted by molar-refractivity contribution is 0.162. The molecule has 3 unspecified atom stereocenters. The Hall–Kier alpha value is -2.91. The molecule has 6 heteroatoms. The molecule has 1 aromatic carbocycles. The minimum absolute atomic E-state index is 0.193. The van der Waals surface area contributed by atoms with E-state index in [2.05, 4.69) is 21.4 Å². The number of fused-ring (bicyclic) bond motifs is 3. The summed E-state index contributed by atoms with van der Waals surface area (Å²) in [4.78, 5) is 12.4. The van der Waals surface area contributed by atoms with Crippen molar-refractivity contribution in [1.82, 2.24) is 20.3 Å². The lowest BCUT2D eigenvalue weighted by Crippen LogP contribution is -2.32. The van der Waals surface area contributed by atoms with Crippen molar-refractivity contribution in [3.63, 3.8) is 0 Å². The average Bonchev–Trinajstić information content (AvgIpc) is 3.38. The number of benzene rings is 1. The molecule has 0 aliphatic carbocycles. The highest BCUT2D eigenvalue weighted by Crippen LogP contribution is 2.33. The second kappa shape index (κ2) is 5.82. The van der Waals surface area contributed by atoms with Crippen molar-refractivity contribution in [3.8, 4) is 23.2 Å². The fourth-order valence-corrected chi connectivity index (χ4v) is 4.22. The molecule has 6 nitrogen and oxygen atoms in total. The highest BCUT2D eigenvalue weighted by atomic mass is 16.5. The van der Waals surface area contributed by atoms with Crippen LogP contribution in [0.2, 0.25) is 0 Å². The largest absolute Gasteiger partial charge is 0.471 e. The maximum Gasteiger partial charge on any atom is 0.235 e. The number of ether oxygens (including phenoxy) is 1. The number of nitriles is 1. The number of hydrogen-bond acceptors (Lipinski definition) is 5. The van der Waals surface area contributed by atoms with Gasteiger partial charge in [-0.3, -0.25) is 0 Å². The summed E-state index contributed by atoms with van der Waals surface area (Å²) >= 11 is 0. The third-order valence-corrected chi connectivity index (χ3v) is 5.52. The Kier molecular flexibility index (Phi) is 3.44. The molecule has 3 aromatic rings. The topological polar surface area (TPSA) is 86.6 Å². The van der Waals surface area contributed by atoms with Crippen LogP contribution >= 0.6 is 0 Å². The summed E-state index contributed by atoms with van der Waals surface area (Å²) < 4.78 is 6.15. The molecule has 2 bridgehead atoms. The first-order valence-corrected chi connectivity index (χ1v) is 9.00. The van der Waals surface area contributed by atoms with Gasteiger partial charge in [0, 0.05) is 35.7 Å². The van der Waals surface area contributed by atoms with E-state index in [0.29, 0.717) is 23.5 Å². The summed E-state index contributed by atoms with van der Waals surface area (Å²) in [6.07, 6.45) is 7.31. The van der Waals surface area contributed by atoms with Crippen LogP contribution in [0.1, 0.15) is 30.5 Å². The van der Waals surface area contributed by atoms with E-state index in [1.807, 2.05) is 25.3 Å². The first-order valence-electron chi connectivity index (χ1n) is 9.00. The molecule has 2 fully saturated rings. The lowest BCUT2D eigenvalue weighted by atomic mass is 9.98. The van der Waals surface area contributed by atoms with Gasteiger partial charge >= 0.3 is 0 Å². The first-order chi connectivity index (χ1) is 12.7. The molecule has 26 heavy (non-hydrogen) atoms. The summed E-state index contributed by atoms with van der Waals surface area (Å²) in [5.41, 5.74) is 3.97. The number of aromatic amines is 1. The molecule has 0 saturated carbocycles. The van der Waals surface area contributed by atoms with E-state index in [4.69, 9.17) is 9.72 Å². The quantitative estimate of drug-likeness (QED) is 0.762. The van der Waals surface area contributed by atoms with Crippen LogP contribution in [0, 0.1) is 18.3 Å². The Morgan fingerprint density at radius 3 is 2.96 bits per heavy atom. The number of nitrogens with zero attached hydrogens (tertiary/aromatic N) is 3. The smallest absolute Gasteiger partial charge is 0.235 e.